The van der Waals surface area contributed by atoms with Crippen LogP contribution in [0.15, 0.2) is 47.6 Å². The van der Waals surface area contributed by atoms with Gasteiger partial charge in [0.2, 0.25) is 0 Å². The zero-order chi connectivity index (χ0) is 18.7. The van der Waals surface area contributed by atoms with Crippen LogP contribution in [0.25, 0.3) is 17.1 Å². The van der Waals surface area contributed by atoms with Crippen molar-refractivity contribution in [3.63, 3.8) is 0 Å². The van der Waals surface area contributed by atoms with Crippen molar-refractivity contribution in [2.45, 2.75) is 25.9 Å². The van der Waals surface area contributed by atoms with Crippen molar-refractivity contribution < 1.29 is 9.53 Å². The van der Waals surface area contributed by atoms with Gasteiger partial charge in [-0.05, 0) is 43.5 Å². The number of thioether (sulfide) groups is 1. The minimum atomic E-state index is -0.289. The van der Waals surface area contributed by atoms with Crippen LogP contribution in [0.3, 0.4) is 0 Å². The maximum Gasteiger partial charge on any atom is 0.316 e. The summed E-state index contributed by atoms with van der Waals surface area (Å²) in [5.74, 6) is 0.667. The molecule has 0 amide bonds. The number of esters is 1. The van der Waals surface area contributed by atoms with Gasteiger partial charge in [-0.2, -0.15) is 0 Å². The van der Waals surface area contributed by atoms with E-state index >= 15 is 0 Å². The van der Waals surface area contributed by atoms with Crippen molar-refractivity contribution in [1.82, 2.24) is 14.8 Å². The number of aromatic nitrogens is 3. The molecule has 3 rings (SSSR count). The van der Waals surface area contributed by atoms with Crippen LogP contribution in [-0.4, -0.2) is 33.6 Å². The number of nitrogens with zero attached hydrogens (tertiary/aromatic N) is 3. The third-order valence-electron chi connectivity index (χ3n) is 4.38. The Kier molecular flexibility index (Phi) is 5.42. The summed E-state index contributed by atoms with van der Waals surface area (Å²) in [6, 6.07) is 14.2. The van der Waals surface area contributed by atoms with Crippen LogP contribution < -0.4 is 0 Å². The number of carbonyl (C=O) groups excluding carboxylic acids is 1. The topological polar surface area (TPSA) is 57.0 Å². The first-order valence-corrected chi connectivity index (χ1v) is 9.29. The summed E-state index contributed by atoms with van der Waals surface area (Å²) in [7, 11) is 1.39. The SMILES string of the molecule is COC(=O)CSc1nnc(-c2ccccc2C)n1-c1cccc(C)c1C. The summed E-state index contributed by atoms with van der Waals surface area (Å²) in [5.41, 5.74) is 5.50. The van der Waals surface area contributed by atoms with Crippen LogP contribution in [0.1, 0.15) is 16.7 Å². The van der Waals surface area contributed by atoms with Crippen LogP contribution >= 0.6 is 11.8 Å². The summed E-state index contributed by atoms with van der Waals surface area (Å²) in [6.45, 7) is 6.22. The summed E-state index contributed by atoms with van der Waals surface area (Å²) < 4.78 is 6.78. The molecule has 0 N–H and O–H groups in total. The number of benzene rings is 2. The van der Waals surface area contributed by atoms with Crippen molar-refractivity contribution in [3.8, 4) is 17.1 Å². The number of ether oxygens (including phenoxy) is 1. The van der Waals surface area contributed by atoms with E-state index in [1.54, 1.807) is 0 Å². The highest BCUT2D eigenvalue weighted by atomic mass is 32.2. The maximum absolute atomic E-state index is 11.6. The molecule has 0 aliphatic heterocycles. The summed E-state index contributed by atoms with van der Waals surface area (Å²) in [6.07, 6.45) is 0. The maximum atomic E-state index is 11.6. The molecule has 0 spiro atoms. The molecule has 6 heteroatoms. The van der Waals surface area contributed by atoms with Gasteiger partial charge in [0.15, 0.2) is 11.0 Å². The van der Waals surface area contributed by atoms with Gasteiger partial charge in [0.05, 0.1) is 18.6 Å². The Morgan fingerprint density at radius 1 is 1.04 bits per heavy atom. The fourth-order valence-electron chi connectivity index (χ4n) is 2.74. The smallest absolute Gasteiger partial charge is 0.316 e. The van der Waals surface area contributed by atoms with Crippen LogP contribution in [0.2, 0.25) is 0 Å². The average Bonchev–Trinajstić information content (AvgIpc) is 3.05. The highest BCUT2D eigenvalue weighted by Crippen LogP contribution is 2.31. The molecule has 0 unspecified atom stereocenters. The van der Waals surface area contributed by atoms with Crippen molar-refractivity contribution in [2.75, 3.05) is 12.9 Å². The lowest BCUT2D eigenvalue weighted by Crippen LogP contribution is -2.07. The molecule has 26 heavy (non-hydrogen) atoms. The Balaban J connectivity index is 2.17. The number of rotatable bonds is 5. The van der Waals surface area contributed by atoms with Gasteiger partial charge in [0.25, 0.3) is 0 Å². The molecule has 134 valence electrons. The van der Waals surface area contributed by atoms with Gasteiger partial charge in [0, 0.05) is 5.56 Å². The Bertz CT molecular complexity index is 950. The number of aryl methyl sites for hydroxylation is 2. The Morgan fingerprint density at radius 2 is 1.77 bits per heavy atom. The van der Waals surface area contributed by atoms with E-state index < -0.39 is 0 Å². The molecule has 0 bridgehead atoms. The number of hydrogen-bond donors (Lipinski definition) is 0. The Labute approximate surface area is 157 Å². The third kappa shape index (κ3) is 3.51. The molecule has 1 heterocycles. The predicted molar refractivity (Wildman–Crippen MR) is 104 cm³/mol. The first-order chi connectivity index (χ1) is 12.5. The first-order valence-electron chi connectivity index (χ1n) is 8.30. The highest BCUT2D eigenvalue weighted by molar-refractivity contribution is 7.99. The molecule has 0 atom stereocenters. The number of hydrogen-bond acceptors (Lipinski definition) is 5. The van der Waals surface area contributed by atoms with Crippen molar-refractivity contribution in [3.05, 3.63) is 59.2 Å². The summed E-state index contributed by atoms with van der Waals surface area (Å²) in [4.78, 5) is 11.6. The second-order valence-electron chi connectivity index (χ2n) is 6.04. The molecule has 0 saturated carbocycles. The van der Waals surface area contributed by atoms with Gasteiger partial charge in [-0.15, -0.1) is 10.2 Å². The average molecular weight is 367 g/mol. The molecular formula is C20H21N3O2S. The predicted octanol–water partition coefficient (Wildman–Crippen LogP) is 4.12. The van der Waals surface area contributed by atoms with Crippen molar-refractivity contribution >= 4 is 17.7 Å². The molecular weight excluding hydrogens is 346 g/mol. The largest absolute Gasteiger partial charge is 0.468 e. The zero-order valence-electron chi connectivity index (χ0n) is 15.3. The molecule has 0 aliphatic carbocycles. The highest BCUT2D eigenvalue weighted by Gasteiger charge is 2.20. The van der Waals surface area contributed by atoms with Crippen molar-refractivity contribution in [1.29, 1.82) is 0 Å². The van der Waals surface area contributed by atoms with E-state index in [0.29, 0.717) is 5.16 Å². The number of methoxy groups -OCH3 is 1. The quantitative estimate of drug-likeness (QED) is 0.501. The molecule has 1 aromatic heterocycles. The molecule has 0 aliphatic rings. The van der Waals surface area contributed by atoms with Gasteiger partial charge in [-0.3, -0.25) is 9.36 Å². The minimum absolute atomic E-state index is 0.188. The van der Waals surface area contributed by atoms with E-state index in [2.05, 4.69) is 49.2 Å². The van der Waals surface area contributed by atoms with E-state index in [1.807, 2.05) is 28.8 Å². The van der Waals surface area contributed by atoms with Gasteiger partial charge in [-0.25, -0.2) is 0 Å². The lowest BCUT2D eigenvalue weighted by molar-refractivity contribution is -0.137. The first kappa shape index (κ1) is 18.2. The fourth-order valence-corrected chi connectivity index (χ4v) is 3.52. The summed E-state index contributed by atoms with van der Waals surface area (Å²) >= 11 is 1.33. The van der Waals surface area contributed by atoms with E-state index in [1.165, 1.54) is 24.4 Å². The molecule has 0 fully saturated rings. The standard InChI is InChI=1S/C20H21N3O2S/c1-13-9-7-11-17(15(13)3)23-19(16-10-6-5-8-14(16)2)21-22-20(23)26-12-18(24)25-4/h5-11H,12H2,1-4H3. The minimum Gasteiger partial charge on any atom is -0.468 e. The normalized spacial score (nSPS) is 10.8. The van der Waals surface area contributed by atoms with Crippen molar-refractivity contribution in [2.24, 2.45) is 0 Å². The lowest BCUT2D eigenvalue weighted by atomic mass is 10.1. The van der Waals surface area contributed by atoms with Crippen LogP contribution in [0.4, 0.5) is 0 Å². The van der Waals surface area contributed by atoms with E-state index in [9.17, 15) is 4.79 Å². The van der Waals surface area contributed by atoms with Crippen LogP contribution in [0, 0.1) is 20.8 Å². The van der Waals surface area contributed by atoms with Crippen LogP contribution in [0.5, 0.6) is 0 Å². The number of carbonyl (C=O) groups is 1. The fraction of sp³-hybridized carbons (Fsp3) is 0.250. The molecule has 0 saturated heterocycles. The van der Waals surface area contributed by atoms with Gasteiger partial charge in [0.1, 0.15) is 0 Å². The molecule has 0 radical (unpaired) electrons. The van der Waals surface area contributed by atoms with E-state index in [4.69, 9.17) is 4.74 Å². The second kappa shape index (κ2) is 7.74. The Morgan fingerprint density at radius 3 is 2.50 bits per heavy atom. The van der Waals surface area contributed by atoms with Crippen LogP contribution in [-0.2, 0) is 9.53 Å². The zero-order valence-corrected chi connectivity index (χ0v) is 16.1. The van der Waals surface area contributed by atoms with E-state index in [0.717, 1.165) is 28.2 Å². The third-order valence-corrected chi connectivity index (χ3v) is 5.29. The van der Waals surface area contributed by atoms with Gasteiger partial charge >= 0.3 is 5.97 Å². The molecule has 3 aromatic rings. The summed E-state index contributed by atoms with van der Waals surface area (Å²) in [5, 5.41) is 9.46. The lowest BCUT2D eigenvalue weighted by Gasteiger charge is -2.15. The monoisotopic (exact) mass is 367 g/mol. The Hall–Kier alpha value is -2.60. The second-order valence-corrected chi connectivity index (χ2v) is 6.98. The van der Waals surface area contributed by atoms with E-state index in [-0.39, 0.29) is 11.7 Å². The van der Waals surface area contributed by atoms with Gasteiger partial charge < -0.3 is 4.74 Å². The molecule has 5 nitrogen and oxygen atoms in total. The molecule has 2 aromatic carbocycles. The van der Waals surface area contributed by atoms with Gasteiger partial charge in [-0.1, -0.05) is 48.2 Å².